The van der Waals surface area contributed by atoms with Crippen molar-refractivity contribution >= 4 is 5.91 Å². The van der Waals surface area contributed by atoms with Crippen LogP contribution in [0.2, 0.25) is 0 Å². The van der Waals surface area contributed by atoms with Crippen LogP contribution in [0.5, 0.6) is 11.5 Å². The summed E-state index contributed by atoms with van der Waals surface area (Å²) in [7, 11) is 0. The third-order valence-electron chi connectivity index (χ3n) is 5.79. The molecule has 1 heterocycles. The predicted molar refractivity (Wildman–Crippen MR) is 124 cm³/mol. The number of piperidine rings is 1. The number of hydrogen-bond donors (Lipinski definition) is 2. The van der Waals surface area contributed by atoms with E-state index in [1.165, 1.54) is 0 Å². The van der Waals surface area contributed by atoms with Crippen LogP contribution in [0.25, 0.3) is 0 Å². The average Bonchev–Trinajstić information content (AvgIpc) is 2.66. The minimum absolute atomic E-state index is 0.0290. The highest BCUT2D eigenvalue weighted by Gasteiger charge is 2.38. The van der Waals surface area contributed by atoms with E-state index < -0.39 is 0 Å². The molecule has 1 amide bonds. The van der Waals surface area contributed by atoms with E-state index >= 15 is 0 Å². The van der Waals surface area contributed by atoms with Gasteiger partial charge in [0.05, 0.1) is 5.56 Å². The van der Waals surface area contributed by atoms with Gasteiger partial charge in [-0.15, -0.1) is 0 Å². The third-order valence-corrected chi connectivity index (χ3v) is 5.79. The smallest absolute Gasteiger partial charge is 0.251 e. The quantitative estimate of drug-likeness (QED) is 0.693. The SMILES string of the molecule is CCc1cccc(Oc2ccc(C(=O)NC3CC(C)(C)NC(C)(C)C3)cc2C)c1C#N. The molecule has 1 saturated heterocycles. The first-order valence-electron chi connectivity index (χ1n) is 10.9. The zero-order chi connectivity index (χ0) is 22.8. The van der Waals surface area contributed by atoms with E-state index in [9.17, 15) is 10.1 Å². The summed E-state index contributed by atoms with van der Waals surface area (Å²) in [6.07, 6.45) is 2.53. The van der Waals surface area contributed by atoms with Gasteiger partial charge >= 0.3 is 0 Å². The predicted octanol–water partition coefficient (Wildman–Crippen LogP) is 5.26. The Labute approximate surface area is 185 Å². The molecule has 0 saturated carbocycles. The van der Waals surface area contributed by atoms with E-state index in [0.717, 1.165) is 30.4 Å². The van der Waals surface area contributed by atoms with Gasteiger partial charge in [-0.05, 0) is 89.3 Å². The van der Waals surface area contributed by atoms with Crippen LogP contribution in [0.4, 0.5) is 0 Å². The lowest BCUT2D eigenvalue weighted by atomic mass is 9.79. The average molecular weight is 420 g/mol. The zero-order valence-corrected chi connectivity index (χ0v) is 19.4. The van der Waals surface area contributed by atoms with Crippen molar-refractivity contribution in [2.75, 3.05) is 0 Å². The highest BCUT2D eigenvalue weighted by Crippen LogP contribution is 2.31. The highest BCUT2D eigenvalue weighted by molar-refractivity contribution is 5.94. The number of aryl methyl sites for hydroxylation is 2. The molecule has 0 radical (unpaired) electrons. The van der Waals surface area contributed by atoms with Crippen molar-refractivity contribution in [1.82, 2.24) is 10.6 Å². The lowest BCUT2D eigenvalue weighted by molar-refractivity contribution is 0.0873. The summed E-state index contributed by atoms with van der Waals surface area (Å²) in [6.45, 7) is 12.6. The van der Waals surface area contributed by atoms with E-state index in [-0.39, 0.29) is 23.0 Å². The number of benzene rings is 2. The fourth-order valence-corrected chi connectivity index (χ4v) is 4.80. The standard InChI is InChI=1S/C26H33N3O2/c1-7-18-9-8-10-23(21(18)16-27)31-22-12-11-19(13-17(22)2)24(30)28-20-14-25(3,4)29-26(5,6)15-20/h8-13,20,29H,7,14-15H2,1-6H3,(H,28,30). The molecule has 3 rings (SSSR count). The number of carbonyl (C=O) groups excluding carboxylic acids is 1. The summed E-state index contributed by atoms with van der Waals surface area (Å²) in [4.78, 5) is 12.9. The molecule has 0 spiro atoms. The van der Waals surface area contributed by atoms with E-state index in [2.05, 4.69) is 44.4 Å². The van der Waals surface area contributed by atoms with Gasteiger partial charge in [-0.2, -0.15) is 5.26 Å². The van der Waals surface area contributed by atoms with Gasteiger partial charge in [0, 0.05) is 22.7 Å². The molecule has 2 N–H and O–H groups in total. The summed E-state index contributed by atoms with van der Waals surface area (Å²) < 4.78 is 6.05. The first kappa shape index (κ1) is 22.8. The number of nitrogens with zero attached hydrogens (tertiary/aromatic N) is 1. The number of carbonyl (C=O) groups is 1. The molecule has 0 aromatic heterocycles. The lowest BCUT2D eigenvalue weighted by Gasteiger charge is -2.46. The summed E-state index contributed by atoms with van der Waals surface area (Å²) in [5, 5.41) is 16.4. The van der Waals surface area contributed by atoms with Gasteiger partial charge < -0.3 is 15.4 Å². The monoisotopic (exact) mass is 419 g/mol. The Kier molecular flexibility index (Phi) is 6.43. The Morgan fingerprint density at radius 1 is 1.16 bits per heavy atom. The van der Waals surface area contributed by atoms with Crippen LogP contribution in [-0.4, -0.2) is 23.0 Å². The molecule has 2 aromatic carbocycles. The first-order valence-corrected chi connectivity index (χ1v) is 10.9. The Bertz CT molecular complexity index is 1000. The van der Waals surface area contributed by atoms with Crippen molar-refractivity contribution in [3.63, 3.8) is 0 Å². The molecule has 1 aliphatic heterocycles. The summed E-state index contributed by atoms with van der Waals surface area (Å²) in [6, 6.07) is 13.4. The molecule has 0 aliphatic carbocycles. The van der Waals surface area contributed by atoms with E-state index in [1.54, 1.807) is 18.2 Å². The number of nitrogens with one attached hydrogen (secondary N) is 2. The topological polar surface area (TPSA) is 74.2 Å². The van der Waals surface area contributed by atoms with Crippen molar-refractivity contribution < 1.29 is 9.53 Å². The molecule has 0 unspecified atom stereocenters. The molecule has 164 valence electrons. The second-order valence-corrected chi connectivity index (χ2v) is 9.81. The van der Waals surface area contributed by atoms with E-state index in [1.807, 2.05) is 32.0 Å². The minimum Gasteiger partial charge on any atom is -0.456 e. The first-order chi connectivity index (χ1) is 14.5. The molecule has 5 heteroatoms. The van der Waals surface area contributed by atoms with Crippen LogP contribution < -0.4 is 15.4 Å². The largest absolute Gasteiger partial charge is 0.456 e. The summed E-state index contributed by atoms with van der Waals surface area (Å²) in [5.74, 6) is 1.12. The van der Waals surface area contributed by atoms with Gasteiger partial charge in [0.15, 0.2) is 0 Å². The molecule has 1 aliphatic rings. The molecule has 5 nitrogen and oxygen atoms in total. The molecule has 2 aromatic rings. The van der Waals surface area contributed by atoms with Crippen molar-refractivity contribution in [3.8, 4) is 17.6 Å². The normalized spacial score (nSPS) is 17.6. The number of nitriles is 1. The molecule has 1 fully saturated rings. The summed E-state index contributed by atoms with van der Waals surface area (Å²) >= 11 is 0. The van der Waals surface area contributed by atoms with Crippen LogP contribution in [0.1, 0.15) is 74.5 Å². The van der Waals surface area contributed by atoms with Gasteiger partial charge in [-0.3, -0.25) is 4.79 Å². The van der Waals surface area contributed by atoms with Crippen molar-refractivity contribution in [1.29, 1.82) is 5.26 Å². The van der Waals surface area contributed by atoms with Gasteiger partial charge in [-0.25, -0.2) is 0 Å². The molecule has 0 atom stereocenters. The maximum Gasteiger partial charge on any atom is 0.251 e. The number of hydrogen-bond acceptors (Lipinski definition) is 4. The lowest BCUT2D eigenvalue weighted by Crippen LogP contribution is -2.62. The Balaban J connectivity index is 1.75. The van der Waals surface area contributed by atoms with Crippen molar-refractivity contribution in [2.45, 2.75) is 77.9 Å². The number of amides is 1. The van der Waals surface area contributed by atoms with E-state index in [0.29, 0.717) is 22.6 Å². The van der Waals surface area contributed by atoms with Gasteiger partial charge in [-0.1, -0.05) is 19.1 Å². The van der Waals surface area contributed by atoms with Crippen molar-refractivity contribution in [2.24, 2.45) is 0 Å². The van der Waals surface area contributed by atoms with Gasteiger partial charge in [0.1, 0.15) is 17.6 Å². The van der Waals surface area contributed by atoms with Crippen LogP contribution in [0.15, 0.2) is 36.4 Å². The second kappa shape index (κ2) is 8.72. The fourth-order valence-electron chi connectivity index (χ4n) is 4.80. The maximum atomic E-state index is 12.9. The number of rotatable bonds is 5. The van der Waals surface area contributed by atoms with Crippen LogP contribution >= 0.6 is 0 Å². The maximum absolute atomic E-state index is 12.9. The van der Waals surface area contributed by atoms with Crippen LogP contribution in [-0.2, 0) is 6.42 Å². The van der Waals surface area contributed by atoms with E-state index in [4.69, 9.17) is 4.74 Å². The molecule has 0 bridgehead atoms. The fraction of sp³-hybridized carbons (Fsp3) is 0.462. The minimum atomic E-state index is -0.0705. The number of ether oxygens (including phenoxy) is 1. The zero-order valence-electron chi connectivity index (χ0n) is 19.4. The summed E-state index contributed by atoms with van der Waals surface area (Å²) in [5.41, 5.74) is 2.92. The Hall–Kier alpha value is -2.84. The van der Waals surface area contributed by atoms with Crippen LogP contribution in [0.3, 0.4) is 0 Å². The third kappa shape index (κ3) is 5.45. The van der Waals surface area contributed by atoms with Crippen LogP contribution in [0, 0.1) is 18.3 Å². The Morgan fingerprint density at radius 2 is 1.84 bits per heavy atom. The molecule has 31 heavy (non-hydrogen) atoms. The highest BCUT2D eigenvalue weighted by atomic mass is 16.5. The van der Waals surface area contributed by atoms with Crippen molar-refractivity contribution in [3.05, 3.63) is 58.7 Å². The molecular weight excluding hydrogens is 386 g/mol. The Morgan fingerprint density at radius 3 is 2.42 bits per heavy atom. The van der Waals surface area contributed by atoms with Gasteiger partial charge in [0.2, 0.25) is 0 Å². The second-order valence-electron chi connectivity index (χ2n) is 9.81. The van der Waals surface area contributed by atoms with Gasteiger partial charge in [0.25, 0.3) is 5.91 Å². The molecular formula is C26H33N3O2.